The number of imidazole rings is 1. The van der Waals surface area contributed by atoms with Crippen LogP contribution in [0.5, 0.6) is 0 Å². The maximum Gasteiger partial charge on any atom is 0.227 e. The summed E-state index contributed by atoms with van der Waals surface area (Å²) < 4.78 is 1.73. The zero-order valence-electron chi connectivity index (χ0n) is 14.9. The summed E-state index contributed by atoms with van der Waals surface area (Å²) in [5.74, 6) is 1.02. The minimum atomic E-state index is 0.0189. The van der Waals surface area contributed by atoms with Gasteiger partial charge in [0, 0.05) is 19.8 Å². The zero-order valence-corrected chi connectivity index (χ0v) is 14.9. The Hall–Kier alpha value is -2.89. The number of aromatic amines is 1. The van der Waals surface area contributed by atoms with Crippen molar-refractivity contribution in [2.75, 3.05) is 6.54 Å². The van der Waals surface area contributed by atoms with Gasteiger partial charge in [-0.3, -0.25) is 9.48 Å². The van der Waals surface area contributed by atoms with Crippen LogP contribution >= 0.6 is 0 Å². The van der Waals surface area contributed by atoms with Gasteiger partial charge in [0.2, 0.25) is 5.91 Å². The second kappa shape index (κ2) is 7.15. The molecule has 1 saturated heterocycles. The van der Waals surface area contributed by atoms with E-state index < -0.39 is 0 Å². The highest BCUT2D eigenvalue weighted by Crippen LogP contribution is 2.31. The van der Waals surface area contributed by atoms with Crippen LogP contribution in [-0.2, 0) is 18.3 Å². The molecule has 2 aromatic heterocycles. The molecule has 0 radical (unpaired) electrons. The van der Waals surface area contributed by atoms with Crippen LogP contribution < -0.4 is 0 Å². The van der Waals surface area contributed by atoms with Crippen molar-refractivity contribution >= 4 is 5.91 Å². The number of H-pyrrole nitrogens is 1. The minimum Gasteiger partial charge on any atom is -0.340 e. The molecule has 0 aliphatic carbocycles. The highest BCUT2D eigenvalue weighted by molar-refractivity contribution is 5.79. The third-order valence-corrected chi connectivity index (χ3v) is 4.93. The van der Waals surface area contributed by atoms with Gasteiger partial charge in [0.15, 0.2) is 0 Å². The molecular weight excluding hydrogens is 326 g/mol. The van der Waals surface area contributed by atoms with Crippen molar-refractivity contribution in [3.05, 3.63) is 60.3 Å². The number of likely N-dealkylation sites (tertiary alicyclic amines) is 1. The molecule has 0 spiro atoms. The summed E-state index contributed by atoms with van der Waals surface area (Å²) in [6.07, 6.45) is 9.01. The lowest BCUT2D eigenvalue weighted by Crippen LogP contribution is -2.39. The molecule has 0 unspecified atom stereocenters. The summed E-state index contributed by atoms with van der Waals surface area (Å²) in [4.78, 5) is 22.9. The van der Waals surface area contributed by atoms with Gasteiger partial charge >= 0.3 is 0 Å². The minimum absolute atomic E-state index is 0.0189. The first-order valence-corrected chi connectivity index (χ1v) is 9.08. The van der Waals surface area contributed by atoms with E-state index in [1.165, 1.54) is 0 Å². The van der Waals surface area contributed by atoms with E-state index >= 15 is 0 Å². The van der Waals surface area contributed by atoms with Crippen LogP contribution in [0.15, 0.2) is 48.9 Å². The van der Waals surface area contributed by atoms with Crippen molar-refractivity contribution < 1.29 is 4.79 Å². The van der Waals surface area contributed by atoms with Gasteiger partial charge in [-0.05, 0) is 30.4 Å². The van der Waals surface area contributed by atoms with E-state index in [-0.39, 0.29) is 11.9 Å². The Morgan fingerprint density at radius 1 is 1.23 bits per heavy atom. The summed E-state index contributed by atoms with van der Waals surface area (Å²) in [5.41, 5.74) is 3.05. The normalized spacial score (nSPS) is 17.4. The largest absolute Gasteiger partial charge is 0.340 e. The number of piperidine rings is 1. The van der Waals surface area contributed by atoms with Crippen molar-refractivity contribution in [3.8, 4) is 11.3 Å². The molecule has 6 nitrogen and oxygen atoms in total. The first-order chi connectivity index (χ1) is 12.7. The number of benzene rings is 1. The molecule has 1 aromatic carbocycles. The molecule has 3 aromatic rings. The van der Waals surface area contributed by atoms with Crippen LogP contribution in [0.4, 0.5) is 0 Å². The number of hydrogen-bond acceptors (Lipinski definition) is 3. The monoisotopic (exact) mass is 349 g/mol. The molecular formula is C20H23N5O. The molecule has 6 heteroatoms. The lowest BCUT2D eigenvalue weighted by molar-refractivity contribution is -0.134. The van der Waals surface area contributed by atoms with Crippen LogP contribution in [0.2, 0.25) is 0 Å². The van der Waals surface area contributed by atoms with Crippen molar-refractivity contribution in [3.63, 3.8) is 0 Å². The third-order valence-electron chi connectivity index (χ3n) is 4.93. The number of nitrogens with zero attached hydrogens (tertiary/aromatic N) is 4. The van der Waals surface area contributed by atoms with Crippen molar-refractivity contribution in [2.45, 2.75) is 31.7 Å². The van der Waals surface area contributed by atoms with Gasteiger partial charge in [-0.1, -0.05) is 30.3 Å². The van der Waals surface area contributed by atoms with E-state index in [1.807, 2.05) is 42.5 Å². The molecule has 1 fully saturated rings. The fraction of sp³-hybridized carbons (Fsp3) is 0.350. The van der Waals surface area contributed by atoms with Gasteiger partial charge in [0.25, 0.3) is 0 Å². The standard InChI is InChI=1S/C20H23N5O/c1-24-14-15(12-22-24)11-19(26)25-10-6-5-9-18(25)20-21-13-17(23-20)16-7-3-2-4-8-16/h2-4,7-8,12-14,18H,5-6,9-11H2,1H3,(H,21,23)/t18-/m0/s1. The molecule has 3 heterocycles. The summed E-state index contributed by atoms with van der Waals surface area (Å²) in [7, 11) is 1.87. The number of rotatable bonds is 4. The van der Waals surface area contributed by atoms with Gasteiger partial charge < -0.3 is 9.88 Å². The summed E-state index contributed by atoms with van der Waals surface area (Å²) in [6, 6.07) is 10.2. The molecule has 1 aliphatic rings. The lowest BCUT2D eigenvalue weighted by atomic mass is 10.0. The second-order valence-corrected chi connectivity index (χ2v) is 6.85. The van der Waals surface area contributed by atoms with Crippen molar-refractivity contribution in [2.24, 2.45) is 7.05 Å². The summed E-state index contributed by atoms with van der Waals surface area (Å²) in [5, 5.41) is 4.16. The van der Waals surface area contributed by atoms with Crippen LogP contribution in [0.3, 0.4) is 0 Å². The number of aromatic nitrogens is 4. The number of carbonyl (C=O) groups excluding carboxylic acids is 1. The average molecular weight is 349 g/mol. The van der Waals surface area contributed by atoms with E-state index in [2.05, 4.69) is 27.2 Å². The molecule has 0 saturated carbocycles. The Morgan fingerprint density at radius 3 is 2.85 bits per heavy atom. The Bertz CT molecular complexity index is 883. The number of amides is 1. The molecule has 0 bridgehead atoms. The SMILES string of the molecule is Cn1cc(CC(=O)N2CCCC[C@H]2c2ncc(-c3ccccc3)[nH]2)cn1. The number of carbonyl (C=O) groups is 1. The highest BCUT2D eigenvalue weighted by atomic mass is 16.2. The van der Waals surface area contributed by atoms with E-state index in [0.717, 1.165) is 48.5 Å². The Balaban J connectivity index is 1.54. The highest BCUT2D eigenvalue weighted by Gasteiger charge is 2.30. The lowest BCUT2D eigenvalue weighted by Gasteiger charge is -2.34. The van der Waals surface area contributed by atoms with Crippen molar-refractivity contribution in [1.29, 1.82) is 0 Å². The zero-order chi connectivity index (χ0) is 17.9. The molecule has 1 N–H and O–H groups in total. The number of aryl methyl sites for hydroxylation is 1. The average Bonchev–Trinajstić information content (AvgIpc) is 3.32. The van der Waals surface area contributed by atoms with Crippen molar-refractivity contribution in [1.82, 2.24) is 24.6 Å². The third kappa shape index (κ3) is 3.40. The topological polar surface area (TPSA) is 66.8 Å². The molecule has 4 rings (SSSR count). The molecule has 1 aliphatic heterocycles. The fourth-order valence-corrected chi connectivity index (χ4v) is 3.62. The van der Waals surface area contributed by atoms with E-state index in [1.54, 1.807) is 10.9 Å². The summed E-state index contributed by atoms with van der Waals surface area (Å²) in [6.45, 7) is 0.783. The second-order valence-electron chi connectivity index (χ2n) is 6.85. The van der Waals surface area contributed by atoms with Crippen LogP contribution in [-0.4, -0.2) is 37.1 Å². The number of hydrogen-bond donors (Lipinski definition) is 1. The van der Waals surface area contributed by atoms with E-state index in [9.17, 15) is 4.79 Å². The molecule has 1 atom stereocenters. The van der Waals surface area contributed by atoms with Crippen LogP contribution in [0.25, 0.3) is 11.3 Å². The van der Waals surface area contributed by atoms with Crippen LogP contribution in [0.1, 0.15) is 36.7 Å². The predicted octanol–water partition coefficient (Wildman–Crippen LogP) is 3.11. The number of nitrogens with one attached hydrogen (secondary N) is 1. The first kappa shape index (κ1) is 16.6. The Labute approximate surface area is 152 Å². The molecule has 26 heavy (non-hydrogen) atoms. The van der Waals surface area contributed by atoms with Crippen LogP contribution in [0, 0.1) is 0 Å². The van der Waals surface area contributed by atoms with Gasteiger partial charge in [0.1, 0.15) is 5.82 Å². The fourth-order valence-electron chi connectivity index (χ4n) is 3.62. The van der Waals surface area contributed by atoms with Gasteiger partial charge in [-0.25, -0.2) is 4.98 Å². The quantitative estimate of drug-likeness (QED) is 0.787. The Morgan fingerprint density at radius 2 is 2.08 bits per heavy atom. The van der Waals surface area contributed by atoms with E-state index in [4.69, 9.17) is 0 Å². The first-order valence-electron chi connectivity index (χ1n) is 9.08. The van der Waals surface area contributed by atoms with E-state index in [0.29, 0.717) is 6.42 Å². The summed E-state index contributed by atoms with van der Waals surface area (Å²) >= 11 is 0. The van der Waals surface area contributed by atoms with Gasteiger partial charge in [0.05, 0.1) is 30.6 Å². The molecule has 1 amide bonds. The van der Waals surface area contributed by atoms with Gasteiger partial charge in [-0.15, -0.1) is 0 Å². The maximum absolute atomic E-state index is 12.9. The van der Waals surface area contributed by atoms with Gasteiger partial charge in [-0.2, -0.15) is 5.10 Å². The maximum atomic E-state index is 12.9. The smallest absolute Gasteiger partial charge is 0.227 e. The Kier molecular flexibility index (Phi) is 4.56. The molecule has 134 valence electrons. The predicted molar refractivity (Wildman–Crippen MR) is 99.2 cm³/mol.